The van der Waals surface area contributed by atoms with E-state index in [1.165, 1.54) is 6.92 Å². The molecule has 0 saturated heterocycles. The van der Waals surface area contributed by atoms with E-state index in [9.17, 15) is 4.79 Å². The Morgan fingerprint density at radius 2 is 2.18 bits per heavy atom. The van der Waals surface area contributed by atoms with Crippen molar-refractivity contribution in [2.45, 2.75) is 13.5 Å². The van der Waals surface area contributed by atoms with Crippen molar-refractivity contribution in [1.29, 1.82) is 0 Å². The van der Waals surface area contributed by atoms with Gasteiger partial charge in [0.05, 0.1) is 12.2 Å². The average molecular weight is 230 g/mol. The molecule has 0 saturated carbocycles. The molecule has 88 valence electrons. The number of rotatable bonds is 4. The number of nitrogens with one attached hydrogen (secondary N) is 3. The predicted molar refractivity (Wildman–Crippen MR) is 66.7 cm³/mol. The number of benzene rings is 1. The lowest BCUT2D eigenvalue weighted by molar-refractivity contribution is -0.114. The smallest absolute Gasteiger partial charge is 0.221 e. The number of aromatic nitrogens is 2. The summed E-state index contributed by atoms with van der Waals surface area (Å²) >= 11 is 0. The Bertz CT molecular complexity index is 493. The molecule has 5 nitrogen and oxygen atoms in total. The van der Waals surface area contributed by atoms with Crippen molar-refractivity contribution in [3.8, 4) is 0 Å². The maximum absolute atomic E-state index is 10.9. The largest absolute Gasteiger partial charge is 0.379 e. The molecule has 1 aromatic carbocycles. The quantitative estimate of drug-likeness (QED) is 0.752. The highest BCUT2D eigenvalue weighted by Gasteiger charge is 1.98. The van der Waals surface area contributed by atoms with E-state index in [1.54, 1.807) is 6.20 Å². The molecule has 0 unspecified atom stereocenters. The van der Waals surface area contributed by atoms with Crippen LogP contribution in [0.2, 0.25) is 0 Å². The zero-order chi connectivity index (χ0) is 12.1. The maximum Gasteiger partial charge on any atom is 0.221 e. The van der Waals surface area contributed by atoms with Gasteiger partial charge in [0.25, 0.3) is 0 Å². The summed E-state index contributed by atoms with van der Waals surface area (Å²) in [6.07, 6.45) is 1.71. The third kappa shape index (κ3) is 3.34. The average Bonchev–Trinajstić information content (AvgIpc) is 2.79. The summed E-state index contributed by atoms with van der Waals surface area (Å²) in [6, 6.07) is 9.48. The monoisotopic (exact) mass is 230 g/mol. The first-order valence-electron chi connectivity index (χ1n) is 5.34. The molecule has 1 heterocycles. The summed E-state index contributed by atoms with van der Waals surface area (Å²) in [7, 11) is 0. The Labute approximate surface area is 99.2 Å². The molecule has 0 atom stereocenters. The number of hydrogen-bond donors (Lipinski definition) is 3. The molecular weight excluding hydrogens is 216 g/mol. The van der Waals surface area contributed by atoms with E-state index in [-0.39, 0.29) is 5.91 Å². The van der Waals surface area contributed by atoms with Crippen molar-refractivity contribution < 1.29 is 4.79 Å². The minimum Gasteiger partial charge on any atom is -0.379 e. The molecule has 0 spiro atoms. The summed E-state index contributed by atoms with van der Waals surface area (Å²) in [4.78, 5) is 10.9. The van der Waals surface area contributed by atoms with Gasteiger partial charge >= 0.3 is 0 Å². The summed E-state index contributed by atoms with van der Waals surface area (Å²) < 4.78 is 0. The molecule has 17 heavy (non-hydrogen) atoms. The number of amides is 1. The van der Waals surface area contributed by atoms with Gasteiger partial charge in [-0.25, -0.2) is 0 Å². The van der Waals surface area contributed by atoms with Gasteiger partial charge in [-0.2, -0.15) is 5.10 Å². The number of aromatic amines is 1. The molecule has 0 aliphatic carbocycles. The lowest BCUT2D eigenvalue weighted by Crippen LogP contribution is -2.06. The van der Waals surface area contributed by atoms with Crippen molar-refractivity contribution in [1.82, 2.24) is 10.2 Å². The highest BCUT2D eigenvalue weighted by Crippen LogP contribution is 2.15. The van der Waals surface area contributed by atoms with E-state index < -0.39 is 0 Å². The zero-order valence-electron chi connectivity index (χ0n) is 9.53. The second kappa shape index (κ2) is 5.16. The zero-order valence-corrected chi connectivity index (χ0v) is 9.53. The van der Waals surface area contributed by atoms with Crippen molar-refractivity contribution >= 4 is 17.3 Å². The molecule has 3 N–H and O–H groups in total. The van der Waals surface area contributed by atoms with Crippen LogP contribution in [-0.2, 0) is 11.3 Å². The number of carbonyl (C=O) groups excluding carboxylic acids is 1. The minimum absolute atomic E-state index is 0.0734. The van der Waals surface area contributed by atoms with Gasteiger partial charge in [0.2, 0.25) is 5.91 Å². The fourth-order valence-electron chi connectivity index (χ4n) is 1.49. The van der Waals surface area contributed by atoms with Gasteiger partial charge in [-0.1, -0.05) is 6.07 Å². The van der Waals surface area contributed by atoms with Crippen LogP contribution in [-0.4, -0.2) is 16.1 Å². The van der Waals surface area contributed by atoms with Gasteiger partial charge in [-0.3, -0.25) is 9.89 Å². The molecule has 1 amide bonds. The lowest BCUT2D eigenvalue weighted by atomic mass is 10.2. The van der Waals surface area contributed by atoms with Crippen LogP contribution in [0, 0.1) is 0 Å². The fraction of sp³-hybridized carbons (Fsp3) is 0.167. The summed E-state index contributed by atoms with van der Waals surface area (Å²) in [5.74, 6) is -0.0734. The molecular formula is C12H14N4O. The van der Waals surface area contributed by atoms with Crippen molar-refractivity contribution in [3.05, 3.63) is 42.2 Å². The van der Waals surface area contributed by atoms with Gasteiger partial charge < -0.3 is 10.6 Å². The predicted octanol–water partition coefficient (Wildman–Crippen LogP) is 1.98. The highest BCUT2D eigenvalue weighted by atomic mass is 16.1. The van der Waals surface area contributed by atoms with Crippen LogP contribution in [0.15, 0.2) is 36.5 Å². The van der Waals surface area contributed by atoms with Gasteiger partial charge in [-0.05, 0) is 24.3 Å². The van der Waals surface area contributed by atoms with Crippen LogP contribution < -0.4 is 10.6 Å². The van der Waals surface area contributed by atoms with Crippen LogP contribution in [0.1, 0.15) is 12.6 Å². The number of carbonyl (C=O) groups is 1. The summed E-state index contributed by atoms with van der Waals surface area (Å²) in [5, 5.41) is 12.7. The van der Waals surface area contributed by atoms with Gasteiger partial charge in [0.1, 0.15) is 0 Å². The van der Waals surface area contributed by atoms with Gasteiger partial charge in [0.15, 0.2) is 0 Å². The van der Waals surface area contributed by atoms with Crippen LogP contribution >= 0.6 is 0 Å². The Hall–Kier alpha value is -2.30. The van der Waals surface area contributed by atoms with E-state index in [2.05, 4.69) is 20.8 Å². The van der Waals surface area contributed by atoms with E-state index in [0.29, 0.717) is 6.54 Å². The Morgan fingerprint density at radius 1 is 1.35 bits per heavy atom. The first-order valence-corrected chi connectivity index (χ1v) is 5.34. The number of hydrogen-bond acceptors (Lipinski definition) is 3. The SMILES string of the molecule is CC(=O)Nc1cccc(NCc2ccn[nH]2)c1. The maximum atomic E-state index is 10.9. The Balaban J connectivity index is 1.98. The molecule has 0 aliphatic rings. The molecule has 2 rings (SSSR count). The third-order valence-corrected chi connectivity index (χ3v) is 2.22. The first-order chi connectivity index (χ1) is 8.24. The van der Waals surface area contributed by atoms with Crippen LogP contribution in [0.25, 0.3) is 0 Å². The van der Waals surface area contributed by atoms with E-state index in [4.69, 9.17) is 0 Å². The van der Waals surface area contributed by atoms with Crippen molar-refractivity contribution in [2.75, 3.05) is 10.6 Å². The van der Waals surface area contributed by atoms with Gasteiger partial charge in [-0.15, -0.1) is 0 Å². The first kappa shape index (κ1) is 11.2. The van der Waals surface area contributed by atoms with Crippen LogP contribution in [0.4, 0.5) is 11.4 Å². The molecule has 5 heteroatoms. The molecule has 0 bridgehead atoms. The second-order valence-corrected chi connectivity index (χ2v) is 3.70. The standard InChI is InChI=1S/C12H14N4O/c1-9(17)15-11-4-2-3-10(7-11)13-8-12-5-6-14-16-12/h2-7,13H,8H2,1H3,(H,14,16)(H,15,17). The van der Waals surface area contributed by atoms with Crippen LogP contribution in [0.5, 0.6) is 0 Å². The Morgan fingerprint density at radius 3 is 2.88 bits per heavy atom. The molecule has 0 fully saturated rings. The normalized spacial score (nSPS) is 9.94. The molecule has 0 radical (unpaired) electrons. The minimum atomic E-state index is -0.0734. The summed E-state index contributed by atoms with van der Waals surface area (Å²) in [6.45, 7) is 2.16. The molecule has 2 aromatic rings. The number of anilines is 2. The molecule has 1 aromatic heterocycles. The Kier molecular flexibility index (Phi) is 3.40. The number of nitrogens with zero attached hydrogens (tertiary/aromatic N) is 1. The number of H-pyrrole nitrogens is 1. The van der Waals surface area contributed by atoms with Crippen LogP contribution in [0.3, 0.4) is 0 Å². The van der Waals surface area contributed by atoms with Gasteiger partial charge in [0, 0.05) is 24.5 Å². The van der Waals surface area contributed by atoms with Crippen molar-refractivity contribution in [2.24, 2.45) is 0 Å². The molecule has 0 aliphatic heterocycles. The lowest BCUT2D eigenvalue weighted by Gasteiger charge is -2.07. The third-order valence-electron chi connectivity index (χ3n) is 2.22. The van der Waals surface area contributed by atoms with E-state index >= 15 is 0 Å². The second-order valence-electron chi connectivity index (χ2n) is 3.70. The fourth-order valence-corrected chi connectivity index (χ4v) is 1.49. The summed E-state index contributed by atoms with van der Waals surface area (Å²) in [5.41, 5.74) is 2.74. The topological polar surface area (TPSA) is 69.8 Å². The van der Waals surface area contributed by atoms with E-state index in [0.717, 1.165) is 17.1 Å². The van der Waals surface area contributed by atoms with Crippen molar-refractivity contribution in [3.63, 3.8) is 0 Å². The highest BCUT2D eigenvalue weighted by molar-refractivity contribution is 5.89. The van der Waals surface area contributed by atoms with E-state index in [1.807, 2.05) is 30.3 Å².